The van der Waals surface area contributed by atoms with Crippen LogP contribution in [0.15, 0.2) is 12.4 Å². The largest absolute Gasteiger partial charge is 0.378 e. The van der Waals surface area contributed by atoms with Crippen LogP contribution in [0, 0.1) is 5.41 Å². The van der Waals surface area contributed by atoms with Gasteiger partial charge in [-0.2, -0.15) is 0 Å². The summed E-state index contributed by atoms with van der Waals surface area (Å²) in [4.78, 5) is 0. The molecule has 1 aromatic heterocycles. The van der Waals surface area contributed by atoms with Gasteiger partial charge in [0, 0.05) is 12.7 Å². The van der Waals surface area contributed by atoms with Crippen LogP contribution in [0.2, 0.25) is 0 Å². The summed E-state index contributed by atoms with van der Waals surface area (Å²) in [5, 5.41) is 7.49. The van der Waals surface area contributed by atoms with Crippen molar-refractivity contribution < 1.29 is 17.9 Å². The van der Waals surface area contributed by atoms with Crippen molar-refractivity contribution in [2.45, 2.75) is 59.8 Å². The topological polar surface area (TPSA) is 95.3 Å². The van der Waals surface area contributed by atoms with Gasteiger partial charge in [0.05, 0.1) is 43.9 Å². The number of sulfonamides is 1. The van der Waals surface area contributed by atoms with Crippen molar-refractivity contribution in [3.63, 3.8) is 0 Å². The van der Waals surface area contributed by atoms with Crippen LogP contribution in [0.25, 0.3) is 0 Å². The Morgan fingerprint density at radius 1 is 0.962 bits per heavy atom. The van der Waals surface area contributed by atoms with Gasteiger partial charge in [-0.25, -0.2) is 13.1 Å². The first-order valence-corrected chi connectivity index (χ1v) is 10.3. The third kappa shape index (κ3) is 14.2. The first-order chi connectivity index (χ1) is 11.8. The molecule has 0 saturated heterocycles. The molecule has 0 aliphatic rings. The number of rotatable bonds is 10. The molecule has 1 aromatic rings. The minimum absolute atomic E-state index is 0.262. The van der Waals surface area contributed by atoms with Crippen molar-refractivity contribution in [3.05, 3.63) is 12.4 Å². The van der Waals surface area contributed by atoms with Crippen LogP contribution in [0.5, 0.6) is 0 Å². The van der Waals surface area contributed by atoms with Crippen LogP contribution >= 0.6 is 0 Å². The quantitative estimate of drug-likeness (QED) is 0.613. The minimum Gasteiger partial charge on any atom is -0.378 e. The highest BCUT2D eigenvalue weighted by molar-refractivity contribution is 7.90. The Bertz CT molecular complexity index is 555. The predicted molar refractivity (Wildman–Crippen MR) is 103 cm³/mol. The molecule has 1 heterocycles. The lowest BCUT2D eigenvalue weighted by Crippen LogP contribution is -2.40. The molecular formula is C17H36N4O4S. The number of nitrogens with zero attached hydrogens (tertiary/aromatic N) is 3. The van der Waals surface area contributed by atoms with E-state index in [0.29, 0.717) is 38.4 Å². The smallest absolute Gasteiger partial charge is 0.216 e. The summed E-state index contributed by atoms with van der Waals surface area (Å²) in [5.74, 6) is 0. The Hall–Kier alpha value is -1.03. The van der Waals surface area contributed by atoms with Gasteiger partial charge in [0.2, 0.25) is 10.0 Å². The Balaban J connectivity index is 0.00000110. The maximum Gasteiger partial charge on any atom is 0.216 e. The van der Waals surface area contributed by atoms with Gasteiger partial charge >= 0.3 is 0 Å². The van der Waals surface area contributed by atoms with Crippen LogP contribution in [0.1, 0.15) is 48.5 Å². The Kier molecular flexibility index (Phi) is 11.2. The van der Waals surface area contributed by atoms with Crippen LogP contribution in [0.4, 0.5) is 0 Å². The van der Waals surface area contributed by atoms with Crippen molar-refractivity contribution in [2.75, 3.05) is 33.0 Å². The molecule has 0 aromatic carbocycles. The molecule has 0 radical (unpaired) electrons. The molecule has 0 spiro atoms. The maximum absolute atomic E-state index is 11.7. The molecule has 9 heteroatoms. The van der Waals surface area contributed by atoms with Gasteiger partial charge in [-0.05, 0) is 26.2 Å². The number of aromatic nitrogens is 3. The van der Waals surface area contributed by atoms with E-state index in [0.717, 1.165) is 0 Å². The fraction of sp³-hybridized carbons (Fsp3) is 0.882. The molecule has 1 rings (SSSR count). The summed E-state index contributed by atoms with van der Waals surface area (Å²) < 4.78 is 37.5. The van der Waals surface area contributed by atoms with E-state index in [1.54, 1.807) is 37.8 Å². The summed E-state index contributed by atoms with van der Waals surface area (Å²) >= 11 is 0. The highest BCUT2D eigenvalue weighted by atomic mass is 32.2. The fourth-order valence-electron chi connectivity index (χ4n) is 1.30. The predicted octanol–water partition coefficient (Wildman–Crippen LogP) is 2.08. The Morgan fingerprint density at radius 2 is 1.50 bits per heavy atom. The summed E-state index contributed by atoms with van der Waals surface area (Å²) in [5.41, 5.74) is 0.500. The average Bonchev–Trinajstić information content (AvgIpc) is 2.95. The Labute approximate surface area is 158 Å². The number of hydrogen-bond acceptors (Lipinski definition) is 6. The van der Waals surface area contributed by atoms with Gasteiger partial charge in [-0.15, -0.1) is 5.10 Å². The number of hydrogen-bond donors (Lipinski definition) is 1. The highest BCUT2D eigenvalue weighted by Gasteiger charge is 2.27. The van der Waals surface area contributed by atoms with E-state index in [2.05, 4.69) is 42.7 Å². The van der Waals surface area contributed by atoms with Gasteiger partial charge in [-0.3, -0.25) is 4.68 Å². The van der Waals surface area contributed by atoms with E-state index < -0.39 is 14.8 Å². The molecule has 0 saturated carbocycles. The standard InChI is InChI=1S/C12H24N4O4S.C5H12/c1-12(2,3)21(17,18)14-5-8-19-10-11-20-9-7-16-6-4-13-15-16;1-5(2,3)4/h4,6,14H,5,7-11H2,1-3H3;1-4H3. The zero-order valence-electron chi connectivity index (χ0n) is 17.3. The van der Waals surface area contributed by atoms with Crippen molar-refractivity contribution >= 4 is 10.0 Å². The van der Waals surface area contributed by atoms with Crippen molar-refractivity contribution in [2.24, 2.45) is 5.41 Å². The van der Waals surface area contributed by atoms with E-state index in [1.807, 2.05) is 0 Å². The molecular weight excluding hydrogens is 356 g/mol. The van der Waals surface area contributed by atoms with Crippen LogP contribution in [-0.2, 0) is 26.0 Å². The van der Waals surface area contributed by atoms with E-state index in [9.17, 15) is 8.42 Å². The molecule has 0 atom stereocenters. The normalized spacial score (nSPS) is 12.6. The Morgan fingerprint density at radius 3 is 1.96 bits per heavy atom. The zero-order chi connectivity index (χ0) is 20.3. The lowest BCUT2D eigenvalue weighted by molar-refractivity contribution is 0.0459. The molecule has 0 fully saturated rings. The lowest BCUT2D eigenvalue weighted by Gasteiger charge is -2.19. The fourth-order valence-corrected chi connectivity index (χ4v) is 2.08. The minimum atomic E-state index is -3.30. The molecule has 26 heavy (non-hydrogen) atoms. The van der Waals surface area contributed by atoms with Gasteiger partial charge < -0.3 is 9.47 Å². The molecule has 154 valence electrons. The van der Waals surface area contributed by atoms with Crippen LogP contribution in [0.3, 0.4) is 0 Å². The van der Waals surface area contributed by atoms with Gasteiger partial charge in [0.25, 0.3) is 0 Å². The zero-order valence-corrected chi connectivity index (χ0v) is 18.1. The summed E-state index contributed by atoms with van der Waals surface area (Å²) in [6.07, 6.45) is 3.38. The third-order valence-corrected chi connectivity index (χ3v) is 4.85. The van der Waals surface area contributed by atoms with E-state index in [-0.39, 0.29) is 6.54 Å². The van der Waals surface area contributed by atoms with Crippen LogP contribution < -0.4 is 4.72 Å². The molecule has 8 nitrogen and oxygen atoms in total. The second kappa shape index (κ2) is 11.6. The highest BCUT2D eigenvalue weighted by Crippen LogP contribution is 2.12. The van der Waals surface area contributed by atoms with E-state index in [1.165, 1.54) is 0 Å². The van der Waals surface area contributed by atoms with Gasteiger partial charge in [-0.1, -0.05) is 32.9 Å². The van der Waals surface area contributed by atoms with Crippen molar-refractivity contribution in [3.8, 4) is 0 Å². The molecule has 1 N–H and O–H groups in total. The van der Waals surface area contributed by atoms with Crippen molar-refractivity contribution in [1.29, 1.82) is 0 Å². The van der Waals surface area contributed by atoms with Gasteiger partial charge in [0.15, 0.2) is 0 Å². The molecule has 0 aliphatic heterocycles. The second-order valence-corrected chi connectivity index (χ2v) is 10.9. The van der Waals surface area contributed by atoms with Gasteiger partial charge in [0.1, 0.15) is 0 Å². The monoisotopic (exact) mass is 392 g/mol. The first kappa shape index (κ1) is 25.0. The summed E-state index contributed by atoms with van der Waals surface area (Å²) in [7, 11) is -3.30. The first-order valence-electron chi connectivity index (χ1n) is 8.82. The van der Waals surface area contributed by atoms with E-state index >= 15 is 0 Å². The maximum atomic E-state index is 11.7. The SMILES string of the molecule is CC(C)(C)C.CC(C)(C)S(=O)(=O)NCCOCCOCCn1ccnn1. The number of ether oxygens (including phenoxy) is 2. The summed E-state index contributed by atoms with van der Waals surface area (Å²) in [6, 6.07) is 0. The molecule has 0 unspecified atom stereocenters. The summed E-state index contributed by atoms with van der Waals surface area (Å²) in [6.45, 7) is 16.3. The second-order valence-electron chi connectivity index (χ2n) is 8.40. The van der Waals surface area contributed by atoms with Crippen molar-refractivity contribution in [1.82, 2.24) is 19.7 Å². The lowest BCUT2D eigenvalue weighted by atomic mass is 10.0. The van der Waals surface area contributed by atoms with E-state index in [4.69, 9.17) is 9.47 Å². The average molecular weight is 393 g/mol. The third-order valence-electron chi connectivity index (χ3n) is 2.65. The number of nitrogens with one attached hydrogen (secondary N) is 1. The molecule has 0 amide bonds. The molecule has 0 bridgehead atoms. The molecule has 0 aliphatic carbocycles. The van der Waals surface area contributed by atoms with Crippen LogP contribution in [-0.4, -0.2) is 61.1 Å².